The highest BCUT2D eigenvalue weighted by molar-refractivity contribution is 5.94. The number of carbonyl (C=O) groups is 1. The maximum absolute atomic E-state index is 13.6. The predicted octanol–water partition coefficient (Wildman–Crippen LogP) is 3.11. The lowest BCUT2D eigenvalue weighted by Gasteiger charge is -2.18. The molecule has 0 spiro atoms. The molecule has 0 heterocycles. The first kappa shape index (κ1) is 14.1. The molecule has 0 radical (unpaired) electrons. The lowest BCUT2D eigenvalue weighted by Crippen LogP contribution is -2.26. The molecule has 0 aliphatic carbocycles. The SMILES string of the molecule is Cc1ccc(C(=O)N(C)Cc2ccccc2F)cc1O. The van der Waals surface area contributed by atoms with Crippen LogP contribution in [0.4, 0.5) is 4.39 Å². The molecule has 2 aromatic carbocycles. The van der Waals surface area contributed by atoms with E-state index in [0.717, 1.165) is 0 Å². The van der Waals surface area contributed by atoms with Crippen molar-refractivity contribution in [2.24, 2.45) is 0 Å². The summed E-state index contributed by atoms with van der Waals surface area (Å²) in [5, 5.41) is 9.63. The van der Waals surface area contributed by atoms with Gasteiger partial charge in [-0.15, -0.1) is 0 Å². The number of amides is 1. The van der Waals surface area contributed by atoms with Crippen LogP contribution in [-0.2, 0) is 6.54 Å². The summed E-state index contributed by atoms with van der Waals surface area (Å²) in [7, 11) is 1.60. The van der Waals surface area contributed by atoms with Gasteiger partial charge in [0.2, 0.25) is 0 Å². The van der Waals surface area contributed by atoms with Crippen LogP contribution >= 0.6 is 0 Å². The molecule has 0 fully saturated rings. The van der Waals surface area contributed by atoms with Crippen LogP contribution in [0.15, 0.2) is 42.5 Å². The summed E-state index contributed by atoms with van der Waals surface area (Å²) in [6.45, 7) is 1.94. The fraction of sp³-hybridized carbons (Fsp3) is 0.188. The van der Waals surface area contributed by atoms with Crippen LogP contribution in [0.25, 0.3) is 0 Å². The van der Waals surface area contributed by atoms with Gasteiger partial charge in [-0.25, -0.2) is 4.39 Å². The average molecular weight is 273 g/mol. The summed E-state index contributed by atoms with van der Waals surface area (Å²) in [6, 6.07) is 11.1. The first-order valence-electron chi connectivity index (χ1n) is 6.27. The van der Waals surface area contributed by atoms with Gasteiger partial charge >= 0.3 is 0 Å². The van der Waals surface area contributed by atoms with Crippen molar-refractivity contribution in [3.63, 3.8) is 0 Å². The Morgan fingerprint density at radius 2 is 1.95 bits per heavy atom. The number of benzene rings is 2. The number of phenolic OH excluding ortho intramolecular Hbond substituents is 1. The second-order valence-electron chi connectivity index (χ2n) is 4.75. The van der Waals surface area contributed by atoms with Gasteiger partial charge in [0.25, 0.3) is 5.91 Å². The van der Waals surface area contributed by atoms with Crippen molar-refractivity contribution in [1.82, 2.24) is 4.90 Å². The third kappa shape index (κ3) is 2.96. The van der Waals surface area contributed by atoms with Gasteiger partial charge in [-0.2, -0.15) is 0 Å². The molecule has 104 valence electrons. The minimum atomic E-state index is -0.334. The second kappa shape index (κ2) is 5.74. The fourth-order valence-corrected chi connectivity index (χ4v) is 1.92. The molecule has 0 bridgehead atoms. The summed E-state index contributed by atoms with van der Waals surface area (Å²) in [4.78, 5) is 13.6. The highest BCUT2D eigenvalue weighted by Gasteiger charge is 2.14. The molecule has 0 aliphatic heterocycles. The molecule has 2 rings (SSSR count). The predicted molar refractivity (Wildman–Crippen MR) is 75.0 cm³/mol. The van der Waals surface area contributed by atoms with E-state index in [1.54, 1.807) is 44.3 Å². The van der Waals surface area contributed by atoms with Gasteiger partial charge < -0.3 is 10.0 Å². The minimum Gasteiger partial charge on any atom is -0.508 e. The van der Waals surface area contributed by atoms with E-state index in [4.69, 9.17) is 0 Å². The zero-order valence-electron chi connectivity index (χ0n) is 11.4. The number of phenols is 1. The van der Waals surface area contributed by atoms with Crippen LogP contribution in [0.1, 0.15) is 21.5 Å². The van der Waals surface area contributed by atoms with E-state index >= 15 is 0 Å². The van der Waals surface area contributed by atoms with Crippen molar-refractivity contribution in [2.75, 3.05) is 7.05 Å². The van der Waals surface area contributed by atoms with E-state index in [0.29, 0.717) is 16.7 Å². The van der Waals surface area contributed by atoms with Crippen molar-refractivity contribution in [1.29, 1.82) is 0 Å². The zero-order chi connectivity index (χ0) is 14.7. The molecule has 20 heavy (non-hydrogen) atoms. The van der Waals surface area contributed by atoms with Gasteiger partial charge in [0.1, 0.15) is 11.6 Å². The normalized spacial score (nSPS) is 10.3. The number of rotatable bonds is 3. The summed E-state index contributed by atoms with van der Waals surface area (Å²) in [5.41, 5.74) is 1.55. The molecule has 0 aliphatic rings. The average Bonchev–Trinajstić information content (AvgIpc) is 2.43. The maximum atomic E-state index is 13.6. The van der Waals surface area contributed by atoms with Crippen molar-refractivity contribution in [2.45, 2.75) is 13.5 Å². The lowest BCUT2D eigenvalue weighted by atomic mass is 10.1. The minimum absolute atomic E-state index is 0.0788. The molecule has 0 atom stereocenters. The number of hydrogen-bond acceptors (Lipinski definition) is 2. The summed E-state index contributed by atoms with van der Waals surface area (Å²) < 4.78 is 13.6. The summed E-state index contributed by atoms with van der Waals surface area (Å²) in [5.74, 6) is -0.516. The molecule has 0 saturated carbocycles. The number of hydrogen-bond donors (Lipinski definition) is 1. The lowest BCUT2D eigenvalue weighted by molar-refractivity contribution is 0.0783. The number of aryl methyl sites for hydroxylation is 1. The van der Waals surface area contributed by atoms with Gasteiger partial charge in [0, 0.05) is 24.7 Å². The molecule has 1 N–H and O–H groups in total. The van der Waals surface area contributed by atoms with Gasteiger partial charge in [-0.3, -0.25) is 4.79 Å². The van der Waals surface area contributed by atoms with Gasteiger partial charge in [-0.05, 0) is 30.7 Å². The molecular weight excluding hydrogens is 257 g/mol. The Morgan fingerprint density at radius 1 is 1.25 bits per heavy atom. The molecule has 0 aromatic heterocycles. The Kier molecular flexibility index (Phi) is 4.03. The van der Waals surface area contributed by atoms with Crippen LogP contribution in [0, 0.1) is 12.7 Å². The van der Waals surface area contributed by atoms with Gasteiger partial charge in [-0.1, -0.05) is 24.3 Å². The first-order chi connectivity index (χ1) is 9.49. The van der Waals surface area contributed by atoms with Crippen molar-refractivity contribution < 1.29 is 14.3 Å². The van der Waals surface area contributed by atoms with Crippen molar-refractivity contribution >= 4 is 5.91 Å². The monoisotopic (exact) mass is 273 g/mol. The Morgan fingerprint density at radius 3 is 2.60 bits per heavy atom. The third-order valence-corrected chi connectivity index (χ3v) is 3.17. The second-order valence-corrected chi connectivity index (χ2v) is 4.75. The maximum Gasteiger partial charge on any atom is 0.254 e. The van der Waals surface area contributed by atoms with Gasteiger partial charge in [0.15, 0.2) is 0 Å². The van der Waals surface area contributed by atoms with Crippen molar-refractivity contribution in [3.05, 3.63) is 65.0 Å². The molecule has 2 aromatic rings. The molecular formula is C16H16FNO2. The molecule has 0 saturated heterocycles. The molecule has 4 heteroatoms. The van der Waals surface area contributed by atoms with E-state index in [2.05, 4.69) is 0 Å². The van der Waals surface area contributed by atoms with Gasteiger partial charge in [0.05, 0.1) is 0 Å². The zero-order valence-corrected chi connectivity index (χ0v) is 11.4. The third-order valence-electron chi connectivity index (χ3n) is 3.17. The Bertz CT molecular complexity index is 640. The Balaban J connectivity index is 2.16. The quantitative estimate of drug-likeness (QED) is 0.933. The standard InChI is InChI=1S/C16H16FNO2/c1-11-7-8-12(9-15(11)19)16(20)18(2)10-13-5-3-4-6-14(13)17/h3-9,19H,10H2,1-2H3. The Labute approximate surface area is 117 Å². The van der Waals surface area contributed by atoms with Crippen LogP contribution in [-0.4, -0.2) is 23.0 Å². The highest BCUT2D eigenvalue weighted by Crippen LogP contribution is 2.19. The number of aromatic hydroxyl groups is 1. The molecule has 3 nitrogen and oxygen atoms in total. The smallest absolute Gasteiger partial charge is 0.254 e. The first-order valence-corrected chi connectivity index (χ1v) is 6.27. The molecule has 1 amide bonds. The largest absolute Gasteiger partial charge is 0.508 e. The van der Waals surface area contributed by atoms with Crippen LogP contribution in [0.5, 0.6) is 5.75 Å². The van der Waals surface area contributed by atoms with E-state index in [1.165, 1.54) is 17.0 Å². The van der Waals surface area contributed by atoms with Crippen LogP contribution in [0.2, 0.25) is 0 Å². The number of halogens is 1. The van der Waals surface area contributed by atoms with Crippen LogP contribution in [0.3, 0.4) is 0 Å². The Hall–Kier alpha value is -2.36. The number of nitrogens with zero attached hydrogens (tertiary/aromatic N) is 1. The molecule has 0 unspecified atom stereocenters. The summed E-state index contributed by atoms with van der Waals surface area (Å²) >= 11 is 0. The van der Waals surface area contributed by atoms with Crippen LogP contribution < -0.4 is 0 Å². The fourth-order valence-electron chi connectivity index (χ4n) is 1.92. The van der Waals surface area contributed by atoms with E-state index in [9.17, 15) is 14.3 Å². The summed E-state index contributed by atoms with van der Waals surface area (Å²) in [6.07, 6.45) is 0. The number of carbonyl (C=O) groups excluding carboxylic acids is 1. The van der Waals surface area contributed by atoms with E-state index in [-0.39, 0.29) is 24.0 Å². The highest BCUT2D eigenvalue weighted by atomic mass is 19.1. The van der Waals surface area contributed by atoms with Crippen molar-refractivity contribution in [3.8, 4) is 5.75 Å². The van der Waals surface area contributed by atoms with E-state index < -0.39 is 0 Å². The van der Waals surface area contributed by atoms with E-state index in [1.807, 2.05) is 0 Å². The topological polar surface area (TPSA) is 40.5 Å².